The smallest absolute Gasteiger partial charge is 0.122 e. The zero-order chi connectivity index (χ0) is 13.2. The number of nitrogens with zero attached hydrogens (tertiary/aromatic N) is 2. The predicted octanol–water partition coefficient (Wildman–Crippen LogP) is 3.56. The molecule has 19 heavy (non-hydrogen) atoms. The Morgan fingerprint density at radius 3 is 2.42 bits per heavy atom. The topological polar surface area (TPSA) is 41.6 Å². The second kappa shape index (κ2) is 4.94. The molecule has 3 nitrogen and oxygen atoms in total. The molecule has 2 aromatic carbocycles. The summed E-state index contributed by atoms with van der Waals surface area (Å²) in [5.74, 6) is 0.656. The summed E-state index contributed by atoms with van der Waals surface area (Å²) < 4.78 is 0. The molecule has 0 bridgehead atoms. The van der Waals surface area contributed by atoms with Gasteiger partial charge in [0, 0.05) is 11.4 Å². The first-order chi connectivity index (χ1) is 9.24. The maximum absolute atomic E-state index is 5.92. The van der Waals surface area contributed by atoms with Crippen molar-refractivity contribution in [1.29, 1.82) is 0 Å². The second-order valence-electron chi connectivity index (χ2n) is 4.54. The van der Waals surface area contributed by atoms with E-state index in [-0.39, 0.29) is 6.04 Å². The Balaban J connectivity index is 1.96. The Morgan fingerprint density at radius 1 is 1.05 bits per heavy atom. The molecule has 0 radical (unpaired) electrons. The molecular formula is C15H14ClN3. The molecule has 0 fully saturated rings. The van der Waals surface area contributed by atoms with Crippen LogP contribution in [0.5, 0.6) is 0 Å². The first kappa shape index (κ1) is 12.1. The average molecular weight is 272 g/mol. The molecule has 3 rings (SSSR count). The van der Waals surface area contributed by atoms with Crippen LogP contribution in [0.3, 0.4) is 0 Å². The highest BCUT2D eigenvalue weighted by molar-refractivity contribution is 6.30. The SMILES string of the molecule is NC1=NN(c2ccc(Cl)cc2)[C@@H](c2ccccc2)C1. The van der Waals surface area contributed by atoms with Crippen LogP contribution in [0.15, 0.2) is 59.7 Å². The molecule has 0 aromatic heterocycles. The lowest BCUT2D eigenvalue weighted by Gasteiger charge is -2.23. The lowest BCUT2D eigenvalue weighted by Crippen LogP contribution is -2.18. The van der Waals surface area contributed by atoms with Gasteiger partial charge in [-0.05, 0) is 29.8 Å². The van der Waals surface area contributed by atoms with E-state index in [1.54, 1.807) is 0 Å². The molecule has 1 heterocycles. The third-order valence-electron chi connectivity index (χ3n) is 3.21. The van der Waals surface area contributed by atoms with Crippen LogP contribution in [0.4, 0.5) is 5.69 Å². The highest BCUT2D eigenvalue weighted by atomic mass is 35.5. The molecule has 1 aliphatic heterocycles. The molecule has 96 valence electrons. The average Bonchev–Trinajstić information content (AvgIpc) is 2.83. The Bertz CT molecular complexity index is 593. The van der Waals surface area contributed by atoms with Gasteiger partial charge in [0.05, 0.1) is 11.7 Å². The summed E-state index contributed by atoms with van der Waals surface area (Å²) in [6.45, 7) is 0. The standard InChI is InChI=1S/C15H14ClN3/c16-12-6-8-13(9-7-12)19-14(10-15(17)18-19)11-4-2-1-3-5-11/h1-9,14H,10H2,(H2,17,18)/t14-/m1/s1. The van der Waals surface area contributed by atoms with Crippen LogP contribution in [0, 0.1) is 0 Å². The van der Waals surface area contributed by atoms with Gasteiger partial charge in [0.2, 0.25) is 0 Å². The van der Waals surface area contributed by atoms with Crippen LogP contribution in [0.2, 0.25) is 5.02 Å². The first-order valence-corrected chi connectivity index (χ1v) is 6.54. The van der Waals surface area contributed by atoms with E-state index in [0.29, 0.717) is 5.84 Å². The fraction of sp³-hybridized carbons (Fsp3) is 0.133. The lowest BCUT2D eigenvalue weighted by atomic mass is 10.0. The molecule has 2 aromatic rings. The van der Waals surface area contributed by atoms with Crippen LogP contribution < -0.4 is 10.7 Å². The summed E-state index contributed by atoms with van der Waals surface area (Å²) in [7, 11) is 0. The molecule has 0 saturated heterocycles. The summed E-state index contributed by atoms with van der Waals surface area (Å²) >= 11 is 5.92. The van der Waals surface area contributed by atoms with E-state index in [9.17, 15) is 0 Å². The Labute approximate surface area is 117 Å². The van der Waals surface area contributed by atoms with Gasteiger partial charge in [-0.15, -0.1) is 0 Å². The quantitative estimate of drug-likeness (QED) is 0.907. The first-order valence-electron chi connectivity index (χ1n) is 6.17. The Hall–Kier alpha value is -2.00. The molecule has 0 unspecified atom stereocenters. The summed E-state index contributed by atoms with van der Waals surface area (Å²) in [6.07, 6.45) is 0.743. The minimum absolute atomic E-state index is 0.155. The third kappa shape index (κ3) is 2.42. The number of hydrogen-bond acceptors (Lipinski definition) is 3. The number of amidine groups is 1. The third-order valence-corrected chi connectivity index (χ3v) is 3.46. The lowest BCUT2D eigenvalue weighted by molar-refractivity contribution is 0.708. The van der Waals surface area contributed by atoms with Gasteiger partial charge in [-0.25, -0.2) is 0 Å². The van der Waals surface area contributed by atoms with Gasteiger partial charge >= 0.3 is 0 Å². The van der Waals surface area contributed by atoms with Crippen molar-refractivity contribution in [3.63, 3.8) is 0 Å². The van der Waals surface area contributed by atoms with E-state index in [2.05, 4.69) is 17.2 Å². The number of hydrazone groups is 1. The van der Waals surface area contributed by atoms with E-state index in [1.807, 2.05) is 47.5 Å². The largest absolute Gasteiger partial charge is 0.386 e. The number of hydrogen-bond donors (Lipinski definition) is 1. The van der Waals surface area contributed by atoms with Crippen LogP contribution >= 0.6 is 11.6 Å². The highest BCUT2D eigenvalue weighted by Gasteiger charge is 2.27. The van der Waals surface area contributed by atoms with Gasteiger partial charge in [0.25, 0.3) is 0 Å². The summed E-state index contributed by atoms with van der Waals surface area (Å²) in [6, 6.07) is 18.1. The molecule has 1 aliphatic rings. The van der Waals surface area contributed by atoms with Gasteiger partial charge in [-0.2, -0.15) is 5.10 Å². The minimum Gasteiger partial charge on any atom is -0.386 e. The highest BCUT2D eigenvalue weighted by Crippen LogP contribution is 2.34. The van der Waals surface area contributed by atoms with Crippen molar-refractivity contribution in [3.8, 4) is 0 Å². The molecule has 4 heteroatoms. The van der Waals surface area contributed by atoms with Crippen LogP contribution in [-0.2, 0) is 0 Å². The van der Waals surface area contributed by atoms with Crippen molar-refractivity contribution < 1.29 is 0 Å². The number of rotatable bonds is 2. The van der Waals surface area contributed by atoms with E-state index in [1.165, 1.54) is 5.56 Å². The van der Waals surface area contributed by atoms with Gasteiger partial charge in [-0.3, -0.25) is 5.01 Å². The maximum Gasteiger partial charge on any atom is 0.122 e. The number of nitrogens with two attached hydrogens (primary N) is 1. The Kier molecular flexibility index (Phi) is 3.13. The summed E-state index contributed by atoms with van der Waals surface area (Å²) in [4.78, 5) is 0. The van der Waals surface area contributed by atoms with Crippen molar-refractivity contribution in [2.24, 2.45) is 10.8 Å². The van der Waals surface area contributed by atoms with Crippen LogP contribution in [0.25, 0.3) is 0 Å². The van der Waals surface area contributed by atoms with E-state index in [4.69, 9.17) is 17.3 Å². The van der Waals surface area contributed by atoms with Crippen molar-refractivity contribution in [1.82, 2.24) is 0 Å². The molecule has 0 spiro atoms. The summed E-state index contributed by atoms with van der Waals surface area (Å²) in [5.41, 5.74) is 8.11. The minimum atomic E-state index is 0.155. The fourth-order valence-electron chi connectivity index (χ4n) is 2.30. The second-order valence-corrected chi connectivity index (χ2v) is 4.98. The van der Waals surface area contributed by atoms with Gasteiger partial charge < -0.3 is 5.73 Å². The van der Waals surface area contributed by atoms with Crippen molar-refractivity contribution >= 4 is 23.1 Å². The molecular weight excluding hydrogens is 258 g/mol. The number of halogens is 1. The van der Waals surface area contributed by atoms with Gasteiger partial charge in [0.15, 0.2) is 0 Å². The molecule has 0 saturated carbocycles. The van der Waals surface area contributed by atoms with Crippen molar-refractivity contribution in [2.75, 3.05) is 5.01 Å². The normalized spacial score (nSPS) is 18.5. The van der Waals surface area contributed by atoms with Crippen molar-refractivity contribution in [2.45, 2.75) is 12.5 Å². The van der Waals surface area contributed by atoms with E-state index >= 15 is 0 Å². The zero-order valence-corrected chi connectivity index (χ0v) is 11.1. The van der Waals surface area contributed by atoms with Gasteiger partial charge in [-0.1, -0.05) is 41.9 Å². The molecule has 1 atom stereocenters. The van der Waals surface area contributed by atoms with Gasteiger partial charge in [0.1, 0.15) is 5.84 Å². The number of benzene rings is 2. The number of anilines is 1. The monoisotopic (exact) mass is 271 g/mol. The molecule has 0 aliphatic carbocycles. The predicted molar refractivity (Wildman–Crippen MR) is 79.4 cm³/mol. The zero-order valence-electron chi connectivity index (χ0n) is 10.3. The Morgan fingerprint density at radius 2 is 1.74 bits per heavy atom. The fourth-order valence-corrected chi connectivity index (χ4v) is 2.43. The van der Waals surface area contributed by atoms with E-state index in [0.717, 1.165) is 17.1 Å². The molecule has 0 amide bonds. The molecule has 2 N–H and O–H groups in total. The maximum atomic E-state index is 5.92. The van der Waals surface area contributed by atoms with Crippen LogP contribution in [-0.4, -0.2) is 5.84 Å². The van der Waals surface area contributed by atoms with Crippen LogP contribution in [0.1, 0.15) is 18.0 Å². The summed E-state index contributed by atoms with van der Waals surface area (Å²) in [5, 5.41) is 7.11. The van der Waals surface area contributed by atoms with E-state index < -0.39 is 0 Å². The van der Waals surface area contributed by atoms with Crippen molar-refractivity contribution in [3.05, 3.63) is 65.2 Å².